The van der Waals surface area contributed by atoms with Crippen LogP contribution in [0.5, 0.6) is 0 Å². The van der Waals surface area contributed by atoms with Gasteiger partial charge in [0.25, 0.3) is 0 Å². The minimum atomic E-state index is 0.579. The van der Waals surface area contributed by atoms with Crippen LogP contribution in [0, 0.1) is 0 Å². The first-order valence-electron chi connectivity index (χ1n) is 6.54. The zero-order valence-corrected chi connectivity index (χ0v) is 11.7. The summed E-state index contributed by atoms with van der Waals surface area (Å²) in [5, 5.41) is 3.43. The van der Waals surface area contributed by atoms with Crippen molar-refractivity contribution in [3.05, 3.63) is 18.2 Å². The lowest BCUT2D eigenvalue weighted by atomic mass is 9.94. The molecule has 1 aromatic heterocycles. The normalized spacial score (nSPS) is 19.4. The number of nitrogens with zero attached hydrogens (tertiary/aromatic N) is 2. The Morgan fingerprint density at radius 3 is 3.00 bits per heavy atom. The molecular weight excluding hydrogens is 230 g/mol. The third-order valence-corrected chi connectivity index (χ3v) is 4.31. The summed E-state index contributed by atoms with van der Waals surface area (Å²) < 4.78 is 2.40. The molecule has 96 valence electrons. The highest BCUT2D eigenvalue weighted by Gasteiger charge is 2.20. The topological polar surface area (TPSA) is 29.9 Å². The van der Waals surface area contributed by atoms with Gasteiger partial charge in [-0.25, -0.2) is 4.98 Å². The van der Waals surface area contributed by atoms with E-state index in [-0.39, 0.29) is 0 Å². The van der Waals surface area contributed by atoms with Crippen LogP contribution in [0.4, 0.5) is 0 Å². The number of imidazole rings is 1. The van der Waals surface area contributed by atoms with Crippen LogP contribution in [0.3, 0.4) is 0 Å². The maximum absolute atomic E-state index is 4.36. The van der Waals surface area contributed by atoms with Crippen molar-refractivity contribution in [2.24, 2.45) is 0 Å². The number of rotatable bonds is 5. The predicted octanol–water partition coefficient (Wildman–Crippen LogP) is 2.66. The highest BCUT2D eigenvalue weighted by atomic mass is 32.2. The van der Waals surface area contributed by atoms with Crippen LogP contribution in [0.15, 0.2) is 12.5 Å². The Morgan fingerprint density at radius 2 is 2.29 bits per heavy atom. The monoisotopic (exact) mass is 253 g/mol. The summed E-state index contributed by atoms with van der Waals surface area (Å²) in [7, 11) is 0. The molecule has 0 saturated carbocycles. The lowest BCUT2D eigenvalue weighted by molar-refractivity contribution is 0.420. The van der Waals surface area contributed by atoms with E-state index in [0.29, 0.717) is 12.0 Å². The van der Waals surface area contributed by atoms with E-state index in [9.17, 15) is 0 Å². The maximum Gasteiger partial charge on any atom is 0.0950 e. The second-order valence-corrected chi connectivity index (χ2v) is 5.87. The molecule has 17 heavy (non-hydrogen) atoms. The summed E-state index contributed by atoms with van der Waals surface area (Å²) in [5.41, 5.74) is 1.44. The van der Waals surface area contributed by atoms with Gasteiger partial charge in [0.2, 0.25) is 0 Å². The Labute approximate surface area is 108 Å². The van der Waals surface area contributed by atoms with E-state index in [1.165, 1.54) is 30.7 Å². The molecule has 1 saturated heterocycles. The molecule has 1 aliphatic heterocycles. The largest absolute Gasteiger partial charge is 0.332 e. The van der Waals surface area contributed by atoms with E-state index < -0.39 is 0 Å². The smallest absolute Gasteiger partial charge is 0.0950 e. The summed E-state index contributed by atoms with van der Waals surface area (Å²) >= 11 is 1.92. The lowest BCUT2D eigenvalue weighted by Gasteiger charge is -2.25. The van der Waals surface area contributed by atoms with Crippen molar-refractivity contribution in [2.75, 3.05) is 25.1 Å². The average Bonchev–Trinajstić information content (AvgIpc) is 2.86. The minimum Gasteiger partial charge on any atom is -0.332 e. The van der Waals surface area contributed by atoms with E-state index in [2.05, 4.69) is 34.2 Å². The van der Waals surface area contributed by atoms with Crippen LogP contribution in [0.25, 0.3) is 0 Å². The van der Waals surface area contributed by atoms with Crippen molar-refractivity contribution < 1.29 is 0 Å². The third kappa shape index (κ3) is 3.26. The summed E-state index contributed by atoms with van der Waals surface area (Å²) in [6, 6.07) is 0.579. The van der Waals surface area contributed by atoms with Crippen molar-refractivity contribution in [2.45, 2.75) is 38.1 Å². The fourth-order valence-corrected chi connectivity index (χ4v) is 3.12. The molecule has 1 N–H and O–H groups in total. The number of thioether (sulfide) groups is 1. The predicted molar refractivity (Wildman–Crippen MR) is 74.8 cm³/mol. The molecule has 0 aliphatic carbocycles. The molecule has 0 bridgehead atoms. The van der Waals surface area contributed by atoms with Crippen LogP contribution in [-0.4, -0.2) is 34.6 Å². The Morgan fingerprint density at radius 1 is 1.53 bits per heavy atom. The molecular formula is C13H23N3S. The second-order valence-electron chi connectivity index (χ2n) is 4.88. The van der Waals surface area contributed by atoms with Crippen molar-refractivity contribution in [3.63, 3.8) is 0 Å². The second kappa shape index (κ2) is 6.45. The molecule has 1 unspecified atom stereocenters. The van der Waals surface area contributed by atoms with Crippen LogP contribution in [0.1, 0.15) is 43.8 Å². The van der Waals surface area contributed by atoms with Gasteiger partial charge in [0.1, 0.15) is 0 Å². The van der Waals surface area contributed by atoms with E-state index in [1.54, 1.807) is 0 Å². The number of piperidine rings is 1. The molecule has 0 aromatic carbocycles. The van der Waals surface area contributed by atoms with Crippen molar-refractivity contribution in [1.29, 1.82) is 0 Å². The molecule has 2 rings (SSSR count). The van der Waals surface area contributed by atoms with Crippen molar-refractivity contribution >= 4 is 11.8 Å². The van der Waals surface area contributed by atoms with Gasteiger partial charge in [0.15, 0.2) is 0 Å². The highest BCUT2D eigenvalue weighted by molar-refractivity contribution is 7.98. The third-order valence-electron chi connectivity index (χ3n) is 3.67. The van der Waals surface area contributed by atoms with Gasteiger partial charge in [-0.05, 0) is 51.3 Å². The molecule has 1 fully saturated rings. The zero-order chi connectivity index (χ0) is 12.1. The van der Waals surface area contributed by atoms with Crippen molar-refractivity contribution in [1.82, 2.24) is 14.9 Å². The van der Waals surface area contributed by atoms with Gasteiger partial charge in [-0.1, -0.05) is 0 Å². The van der Waals surface area contributed by atoms with Crippen molar-refractivity contribution in [3.8, 4) is 0 Å². The maximum atomic E-state index is 4.36. The Bertz CT molecular complexity index is 331. The van der Waals surface area contributed by atoms with Crippen LogP contribution in [0.2, 0.25) is 0 Å². The SMILES string of the molecule is CSCCC(C)n1cncc1C1CCNCC1. The van der Waals surface area contributed by atoms with Gasteiger partial charge in [-0.2, -0.15) is 11.8 Å². The molecule has 1 aliphatic rings. The number of hydrogen-bond acceptors (Lipinski definition) is 3. The lowest BCUT2D eigenvalue weighted by Crippen LogP contribution is -2.28. The summed E-state index contributed by atoms with van der Waals surface area (Å²) in [4.78, 5) is 4.36. The minimum absolute atomic E-state index is 0.579. The van der Waals surface area contributed by atoms with E-state index >= 15 is 0 Å². The van der Waals surface area contributed by atoms with Gasteiger partial charge < -0.3 is 9.88 Å². The van der Waals surface area contributed by atoms with Gasteiger partial charge in [-0.15, -0.1) is 0 Å². The molecule has 0 amide bonds. The Hall–Kier alpha value is -0.480. The first kappa shape index (κ1) is 13.0. The number of aromatic nitrogens is 2. The summed E-state index contributed by atoms with van der Waals surface area (Å²) in [5.74, 6) is 1.93. The molecule has 1 aromatic rings. The van der Waals surface area contributed by atoms with Gasteiger partial charge in [0, 0.05) is 23.9 Å². The summed E-state index contributed by atoms with van der Waals surface area (Å²) in [6.45, 7) is 4.60. The fraction of sp³-hybridized carbons (Fsp3) is 0.769. The molecule has 4 heteroatoms. The first-order valence-corrected chi connectivity index (χ1v) is 7.93. The highest BCUT2D eigenvalue weighted by Crippen LogP contribution is 2.28. The van der Waals surface area contributed by atoms with Gasteiger partial charge >= 0.3 is 0 Å². The van der Waals surface area contributed by atoms with Crippen LogP contribution < -0.4 is 5.32 Å². The molecule has 1 atom stereocenters. The van der Waals surface area contributed by atoms with Crippen LogP contribution >= 0.6 is 11.8 Å². The average molecular weight is 253 g/mol. The molecule has 3 nitrogen and oxygen atoms in total. The van der Waals surface area contributed by atoms with E-state index in [1.807, 2.05) is 18.1 Å². The molecule has 0 radical (unpaired) electrons. The van der Waals surface area contributed by atoms with Crippen LogP contribution in [-0.2, 0) is 0 Å². The zero-order valence-electron chi connectivity index (χ0n) is 10.9. The van der Waals surface area contributed by atoms with Gasteiger partial charge in [0.05, 0.1) is 6.33 Å². The molecule has 0 spiro atoms. The summed E-state index contributed by atoms with van der Waals surface area (Å²) in [6.07, 6.45) is 10.00. The Kier molecular flexibility index (Phi) is 4.92. The van der Waals surface area contributed by atoms with E-state index in [4.69, 9.17) is 0 Å². The fourth-order valence-electron chi connectivity index (χ4n) is 2.54. The quantitative estimate of drug-likeness (QED) is 0.875. The number of hydrogen-bond donors (Lipinski definition) is 1. The standard InChI is InChI=1S/C13H23N3S/c1-11(5-8-17-2)16-10-15-9-13(16)12-3-6-14-7-4-12/h9-12,14H,3-8H2,1-2H3. The molecule has 2 heterocycles. The van der Waals surface area contributed by atoms with Gasteiger partial charge in [-0.3, -0.25) is 0 Å². The van der Waals surface area contributed by atoms with E-state index in [0.717, 1.165) is 13.1 Å². The Balaban J connectivity index is 2.04. The number of nitrogens with one attached hydrogen (secondary N) is 1. The first-order chi connectivity index (χ1) is 8.33.